The van der Waals surface area contributed by atoms with Crippen molar-refractivity contribution in [3.05, 3.63) is 71.3 Å². The number of esters is 1. The molecule has 0 spiro atoms. The highest BCUT2D eigenvalue weighted by molar-refractivity contribution is 5.94. The number of hydrogen-bond acceptors (Lipinski definition) is 5. The van der Waals surface area contributed by atoms with Gasteiger partial charge >= 0.3 is 5.97 Å². The summed E-state index contributed by atoms with van der Waals surface area (Å²) < 4.78 is 4.99. The van der Waals surface area contributed by atoms with Gasteiger partial charge in [0.1, 0.15) is 0 Å². The maximum absolute atomic E-state index is 12.6. The van der Waals surface area contributed by atoms with Gasteiger partial charge in [0.2, 0.25) is 0 Å². The van der Waals surface area contributed by atoms with Gasteiger partial charge in [0, 0.05) is 25.2 Å². The van der Waals surface area contributed by atoms with Crippen molar-refractivity contribution in [2.75, 3.05) is 19.8 Å². The van der Waals surface area contributed by atoms with Crippen LogP contribution in [0.4, 0.5) is 0 Å². The maximum Gasteiger partial charge on any atom is 0.334 e. The summed E-state index contributed by atoms with van der Waals surface area (Å²) in [5, 5.41) is 4.80. The van der Waals surface area contributed by atoms with E-state index in [1.165, 1.54) is 77.0 Å². The van der Waals surface area contributed by atoms with E-state index >= 15 is 0 Å². The molecule has 0 atom stereocenters. The van der Waals surface area contributed by atoms with Crippen LogP contribution in [0.1, 0.15) is 119 Å². The summed E-state index contributed by atoms with van der Waals surface area (Å²) >= 11 is 0. The zero-order chi connectivity index (χ0) is 28.7. The van der Waals surface area contributed by atoms with E-state index in [1.54, 1.807) is 12.0 Å². The quantitative estimate of drug-likeness (QED) is 0.0859. The number of benzene rings is 2. The Morgan fingerprint density at radius 3 is 1.75 bits per heavy atom. The lowest BCUT2D eigenvalue weighted by molar-refractivity contribution is -0.193. The van der Waals surface area contributed by atoms with E-state index in [9.17, 15) is 9.59 Å². The molecule has 0 bridgehead atoms. The van der Waals surface area contributed by atoms with Crippen molar-refractivity contribution >= 4 is 11.9 Å². The Labute approximate surface area is 242 Å². The summed E-state index contributed by atoms with van der Waals surface area (Å²) in [5.74, 6) is -0.429. The first-order valence-corrected chi connectivity index (χ1v) is 15.6. The molecule has 0 heterocycles. The molecular formula is C34H52N2O4. The second-order valence-corrected chi connectivity index (χ2v) is 10.6. The number of carbonyl (C=O) groups is 2. The fourth-order valence-electron chi connectivity index (χ4n) is 4.69. The average Bonchev–Trinajstić information content (AvgIpc) is 2.97. The smallest absolute Gasteiger partial charge is 0.334 e. The molecule has 2 aromatic carbocycles. The van der Waals surface area contributed by atoms with Crippen LogP contribution in [0.5, 0.6) is 0 Å². The fourth-order valence-corrected chi connectivity index (χ4v) is 4.69. The molecule has 0 aromatic heterocycles. The summed E-state index contributed by atoms with van der Waals surface area (Å²) in [6, 6.07) is 17.5. The fraction of sp³-hybridized carbons (Fsp3) is 0.588. The Kier molecular flexibility index (Phi) is 18.5. The minimum absolute atomic E-state index is 0.0369. The van der Waals surface area contributed by atoms with Crippen molar-refractivity contribution in [3.8, 4) is 0 Å². The van der Waals surface area contributed by atoms with E-state index in [4.69, 9.17) is 9.57 Å². The zero-order valence-electron chi connectivity index (χ0n) is 25.0. The van der Waals surface area contributed by atoms with Crippen LogP contribution in [0.15, 0.2) is 54.6 Å². The van der Waals surface area contributed by atoms with Crippen LogP contribution in [0.3, 0.4) is 0 Å². The molecule has 6 nitrogen and oxygen atoms in total. The minimum Gasteiger partial charge on any atom is -0.464 e. The summed E-state index contributed by atoms with van der Waals surface area (Å²) in [5.41, 5.74) is 2.73. The molecule has 1 N–H and O–H groups in total. The topological polar surface area (TPSA) is 67.9 Å². The summed E-state index contributed by atoms with van der Waals surface area (Å²) in [6.07, 6.45) is 17.1. The number of nitrogens with zero attached hydrogens (tertiary/aromatic N) is 1. The minimum atomic E-state index is -0.393. The van der Waals surface area contributed by atoms with Gasteiger partial charge < -0.3 is 10.1 Å². The molecule has 2 aromatic rings. The number of rotatable bonds is 23. The molecule has 6 heteroatoms. The predicted molar refractivity (Wildman–Crippen MR) is 163 cm³/mol. The number of ether oxygens (including phenoxy) is 1. The normalized spacial score (nSPS) is 11.1. The van der Waals surface area contributed by atoms with Gasteiger partial charge in [-0.05, 0) is 36.6 Å². The Morgan fingerprint density at radius 2 is 1.20 bits per heavy atom. The van der Waals surface area contributed by atoms with E-state index in [1.807, 2.05) is 54.6 Å². The number of amides is 1. The molecule has 0 radical (unpaired) electrons. The van der Waals surface area contributed by atoms with E-state index < -0.39 is 5.97 Å². The van der Waals surface area contributed by atoms with Crippen molar-refractivity contribution in [1.82, 2.24) is 10.4 Å². The highest BCUT2D eigenvalue weighted by atomic mass is 16.7. The van der Waals surface area contributed by atoms with E-state index in [-0.39, 0.29) is 12.5 Å². The van der Waals surface area contributed by atoms with Crippen molar-refractivity contribution in [3.63, 3.8) is 0 Å². The summed E-state index contributed by atoms with van der Waals surface area (Å²) in [6.45, 7) is 5.95. The van der Waals surface area contributed by atoms with Crippen LogP contribution in [0.2, 0.25) is 0 Å². The molecule has 0 unspecified atom stereocenters. The molecule has 0 saturated carbocycles. The van der Waals surface area contributed by atoms with Gasteiger partial charge in [-0.1, -0.05) is 126 Å². The van der Waals surface area contributed by atoms with E-state index in [2.05, 4.69) is 12.2 Å². The van der Waals surface area contributed by atoms with Gasteiger partial charge in [-0.25, -0.2) is 4.79 Å². The first-order valence-electron chi connectivity index (χ1n) is 15.6. The Morgan fingerprint density at radius 1 is 0.675 bits per heavy atom. The molecule has 0 aliphatic heterocycles. The Hall–Kier alpha value is -2.70. The number of nitrogens with one attached hydrogen (secondary N) is 1. The van der Waals surface area contributed by atoms with Crippen LogP contribution in [-0.2, 0) is 27.5 Å². The number of hydroxylamine groups is 2. The second kappa shape index (κ2) is 22.0. The van der Waals surface area contributed by atoms with Crippen LogP contribution in [0, 0.1) is 0 Å². The predicted octanol–water partition coefficient (Wildman–Crippen LogP) is 8.00. The van der Waals surface area contributed by atoms with Gasteiger partial charge in [0.25, 0.3) is 5.91 Å². The van der Waals surface area contributed by atoms with Crippen LogP contribution < -0.4 is 5.32 Å². The van der Waals surface area contributed by atoms with Gasteiger partial charge in [-0.15, -0.1) is 0 Å². The van der Waals surface area contributed by atoms with Crippen LogP contribution in [-0.4, -0.2) is 36.7 Å². The van der Waals surface area contributed by atoms with E-state index in [0.717, 1.165) is 17.5 Å². The Balaban J connectivity index is 1.63. The van der Waals surface area contributed by atoms with Gasteiger partial charge in [-0.2, -0.15) is 5.06 Å². The lowest BCUT2D eigenvalue weighted by Crippen LogP contribution is -2.27. The zero-order valence-corrected chi connectivity index (χ0v) is 25.0. The highest BCUT2D eigenvalue weighted by Crippen LogP contribution is 2.14. The van der Waals surface area contributed by atoms with Crippen molar-refractivity contribution in [2.24, 2.45) is 0 Å². The molecule has 2 rings (SSSR count). The number of unbranched alkanes of at least 4 members (excludes halogenated alkanes) is 12. The molecule has 222 valence electrons. The second-order valence-electron chi connectivity index (χ2n) is 10.6. The maximum atomic E-state index is 12.6. The lowest BCUT2D eigenvalue weighted by Gasteiger charge is -2.22. The highest BCUT2D eigenvalue weighted by Gasteiger charge is 2.12. The van der Waals surface area contributed by atoms with Crippen molar-refractivity contribution in [2.45, 2.75) is 110 Å². The lowest BCUT2D eigenvalue weighted by atomic mass is 10.0. The average molecular weight is 553 g/mol. The third-order valence-electron chi connectivity index (χ3n) is 7.01. The van der Waals surface area contributed by atoms with Gasteiger partial charge in [-0.3, -0.25) is 9.63 Å². The number of carbonyl (C=O) groups excluding carboxylic acids is 2. The SMILES string of the molecule is CCCCCCCCCCCCCCCNC(=O)c1ccc(CN(Cc2ccccc2)OCC(=O)OCC)cc1. The first-order chi connectivity index (χ1) is 19.6. The van der Waals surface area contributed by atoms with E-state index in [0.29, 0.717) is 31.8 Å². The molecular weight excluding hydrogens is 500 g/mol. The van der Waals surface area contributed by atoms with Crippen molar-refractivity contribution in [1.29, 1.82) is 0 Å². The van der Waals surface area contributed by atoms with Crippen molar-refractivity contribution < 1.29 is 19.2 Å². The largest absolute Gasteiger partial charge is 0.464 e. The molecule has 0 aliphatic carbocycles. The monoisotopic (exact) mass is 552 g/mol. The Bertz CT molecular complexity index is 917. The molecule has 40 heavy (non-hydrogen) atoms. The molecule has 0 aliphatic rings. The number of hydrogen-bond donors (Lipinski definition) is 1. The summed E-state index contributed by atoms with van der Waals surface area (Å²) in [4.78, 5) is 30.1. The van der Waals surface area contributed by atoms with Gasteiger partial charge in [0.05, 0.1) is 6.61 Å². The summed E-state index contributed by atoms with van der Waals surface area (Å²) in [7, 11) is 0. The molecule has 0 saturated heterocycles. The van der Waals surface area contributed by atoms with Crippen LogP contribution >= 0.6 is 0 Å². The van der Waals surface area contributed by atoms with Crippen LogP contribution in [0.25, 0.3) is 0 Å². The standard InChI is InChI=1S/C34H52N2O4/c1-3-5-6-7-8-9-10-11-12-13-14-15-19-26-35-34(38)32-24-22-31(23-25-32)28-36(40-29-33(37)39-4-2)27-30-20-17-16-18-21-30/h16-18,20-25H,3-15,19,26-29H2,1-2H3,(H,35,38). The third-order valence-corrected chi connectivity index (χ3v) is 7.01. The molecule has 0 fully saturated rings. The molecule has 1 amide bonds. The van der Waals surface area contributed by atoms with Gasteiger partial charge in [0.15, 0.2) is 6.61 Å². The third kappa shape index (κ3) is 15.8. The first kappa shape index (κ1) is 33.5.